The second-order valence-electron chi connectivity index (χ2n) is 5.03. The Morgan fingerprint density at radius 3 is 2.00 bits per heavy atom. The number of hydrogen-bond donors (Lipinski definition) is 0. The Labute approximate surface area is 73.5 Å². The van der Waals surface area contributed by atoms with E-state index in [0.717, 1.165) is 23.7 Å². The van der Waals surface area contributed by atoms with Gasteiger partial charge in [0, 0.05) is 5.92 Å². The molecule has 1 nitrogen and oxygen atoms in total. The highest BCUT2D eigenvalue weighted by Gasteiger charge is 2.51. The monoisotopic (exact) mass is 164 g/mol. The summed E-state index contributed by atoms with van der Waals surface area (Å²) in [6, 6.07) is 0. The SMILES string of the molecule is O=CC1C[C@@H]2C3CCC(C3)[C@@H]2C1. The van der Waals surface area contributed by atoms with Gasteiger partial charge in [-0.3, -0.25) is 0 Å². The lowest BCUT2D eigenvalue weighted by molar-refractivity contribution is -0.111. The van der Waals surface area contributed by atoms with E-state index in [4.69, 9.17) is 0 Å². The van der Waals surface area contributed by atoms with Crippen LogP contribution in [0.2, 0.25) is 0 Å². The van der Waals surface area contributed by atoms with Crippen LogP contribution >= 0.6 is 0 Å². The predicted molar refractivity (Wildman–Crippen MR) is 46.6 cm³/mol. The average Bonchev–Trinajstić information content (AvgIpc) is 2.75. The van der Waals surface area contributed by atoms with Crippen molar-refractivity contribution in [2.24, 2.45) is 29.6 Å². The maximum absolute atomic E-state index is 10.7. The fraction of sp³-hybridized carbons (Fsp3) is 0.909. The van der Waals surface area contributed by atoms with Crippen LogP contribution in [0.15, 0.2) is 0 Å². The highest BCUT2D eigenvalue weighted by Crippen LogP contribution is 2.59. The van der Waals surface area contributed by atoms with Gasteiger partial charge in [0.15, 0.2) is 0 Å². The predicted octanol–water partition coefficient (Wildman–Crippen LogP) is 2.26. The highest BCUT2D eigenvalue weighted by atomic mass is 16.1. The Balaban J connectivity index is 1.82. The van der Waals surface area contributed by atoms with E-state index >= 15 is 0 Å². The lowest BCUT2D eigenvalue weighted by atomic mass is 9.82. The summed E-state index contributed by atoms with van der Waals surface area (Å²) in [6.45, 7) is 0. The van der Waals surface area contributed by atoms with Gasteiger partial charge >= 0.3 is 0 Å². The van der Waals surface area contributed by atoms with E-state index in [-0.39, 0.29) is 0 Å². The number of carbonyl (C=O) groups is 1. The number of hydrogen-bond acceptors (Lipinski definition) is 1. The lowest BCUT2D eigenvalue weighted by Crippen LogP contribution is -2.15. The molecule has 3 aliphatic carbocycles. The van der Waals surface area contributed by atoms with Crippen molar-refractivity contribution in [1.82, 2.24) is 0 Å². The minimum Gasteiger partial charge on any atom is -0.303 e. The van der Waals surface area contributed by atoms with Gasteiger partial charge in [-0.2, -0.15) is 0 Å². The van der Waals surface area contributed by atoms with Crippen molar-refractivity contribution in [2.75, 3.05) is 0 Å². The first-order valence-corrected chi connectivity index (χ1v) is 5.34. The summed E-state index contributed by atoms with van der Waals surface area (Å²) >= 11 is 0. The molecule has 0 heterocycles. The Hall–Kier alpha value is -0.330. The van der Waals surface area contributed by atoms with Gasteiger partial charge in [0.1, 0.15) is 6.29 Å². The molecule has 3 aliphatic rings. The minimum absolute atomic E-state index is 0.434. The molecular weight excluding hydrogens is 148 g/mol. The fourth-order valence-corrected chi connectivity index (χ4v) is 4.17. The summed E-state index contributed by atoms with van der Waals surface area (Å²) in [6.07, 6.45) is 8.11. The molecule has 0 aliphatic heterocycles. The summed E-state index contributed by atoms with van der Waals surface area (Å²) in [5.74, 6) is 4.39. The summed E-state index contributed by atoms with van der Waals surface area (Å²) in [5, 5.41) is 0. The van der Waals surface area contributed by atoms with Crippen LogP contribution in [0.5, 0.6) is 0 Å². The van der Waals surface area contributed by atoms with E-state index in [1.807, 2.05) is 0 Å². The van der Waals surface area contributed by atoms with Crippen molar-refractivity contribution in [2.45, 2.75) is 32.1 Å². The van der Waals surface area contributed by atoms with Crippen molar-refractivity contribution in [3.63, 3.8) is 0 Å². The Bertz CT molecular complexity index is 193. The normalized spacial score (nSPS) is 55.8. The van der Waals surface area contributed by atoms with E-state index in [0.29, 0.717) is 5.92 Å². The van der Waals surface area contributed by atoms with Crippen LogP contribution in [-0.2, 0) is 4.79 Å². The Morgan fingerprint density at radius 1 is 0.917 bits per heavy atom. The van der Waals surface area contributed by atoms with Crippen LogP contribution < -0.4 is 0 Å². The second kappa shape index (κ2) is 2.34. The van der Waals surface area contributed by atoms with Gasteiger partial charge in [-0.15, -0.1) is 0 Å². The quantitative estimate of drug-likeness (QED) is 0.543. The first-order valence-electron chi connectivity index (χ1n) is 5.34. The third-order valence-electron chi connectivity index (χ3n) is 4.62. The van der Waals surface area contributed by atoms with E-state index in [2.05, 4.69) is 0 Å². The molecule has 3 unspecified atom stereocenters. The molecule has 5 atom stereocenters. The van der Waals surface area contributed by atoms with Crippen molar-refractivity contribution in [3.8, 4) is 0 Å². The van der Waals surface area contributed by atoms with Crippen LogP contribution in [0.3, 0.4) is 0 Å². The van der Waals surface area contributed by atoms with Crippen LogP contribution in [0.4, 0.5) is 0 Å². The molecule has 0 amide bonds. The van der Waals surface area contributed by atoms with Gasteiger partial charge in [0.25, 0.3) is 0 Å². The van der Waals surface area contributed by atoms with Gasteiger partial charge < -0.3 is 4.79 Å². The average molecular weight is 164 g/mol. The standard InChI is InChI=1S/C11H16O/c12-6-7-3-10-8-1-2-9(5-8)11(10)4-7/h6-11H,1-5H2/t7?,8?,9?,10-,11+. The van der Waals surface area contributed by atoms with Gasteiger partial charge in [-0.25, -0.2) is 0 Å². The van der Waals surface area contributed by atoms with Crippen LogP contribution in [0.25, 0.3) is 0 Å². The maximum atomic E-state index is 10.7. The molecule has 1 heteroatoms. The molecule has 3 rings (SSSR count). The maximum Gasteiger partial charge on any atom is 0.123 e. The van der Waals surface area contributed by atoms with Crippen LogP contribution in [-0.4, -0.2) is 6.29 Å². The first-order chi connectivity index (χ1) is 5.88. The molecule has 66 valence electrons. The molecule has 0 saturated heterocycles. The largest absolute Gasteiger partial charge is 0.303 e. The zero-order valence-corrected chi connectivity index (χ0v) is 7.41. The number of carbonyl (C=O) groups excluding carboxylic acids is 1. The summed E-state index contributed by atoms with van der Waals surface area (Å²) < 4.78 is 0. The third kappa shape index (κ3) is 0.773. The Morgan fingerprint density at radius 2 is 1.50 bits per heavy atom. The molecular formula is C11H16O. The summed E-state index contributed by atoms with van der Waals surface area (Å²) in [4.78, 5) is 10.7. The lowest BCUT2D eigenvalue weighted by Gasteiger charge is -2.23. The van der Waals surface area contributed by atoms with Gasteiger partial charge in [0.2, 0.25) is 0 Å². The topological polar surface area (TPSA) is 17.1 Å². The van der Waals surface area contributed by atoms with Gasteiger partial charge in [-0.05, 0) is 55.8 Å². The first kappa shape index (κ1) is 7.11. The fourth-order valence-electron chi connectivity index (χ4n) is 4.17. The zero-order chi connectivity index (χ0) is 8.13. The number of fused-ring (bicyclic) bond motifs is 5. The highest BCUT2D eigenvalue weighted by molar-refractivity contribution is 5.54. The third-order valence-corrected chi connectivity index (χ3v) is 4.62. The Kier molecular flexibility index (Phi) is 1.38. The van der Waals surface area contributed by atoms with Crippen molar-refractivity contribution < 1.29 is 4.79 Å². The minimum atomic E-state index is 0.434. The van der Waals surface area contributed by atoms with Gasteiger partial charge in [-0.1, -0.05) is 0 Å². The molecule has 3 saturated carbocycles. The molecule has 0 aromatic rings. The van der Waals surface area contributed by atoms with E-state index in [1.165, 1.54) is 38.4 Å². The summed E-state index contributed by atoms with van der Waals surface area (Å²) in [5.41, 5.74) is 0. The number of rotatable bonds is 1. The molecule has 0 N–H and O–H groups in total. The molecule has 12 heavy (non-hydrogen) atoms. The van der Waals surface area contributed by atoms with Gasteiger partial charge in [0.05, 0.1) is 0 Å². The van der Waals surface area contributed by atoms with Crippen LogP contribution in [0, 0.1) is 29.6 Å². The molecule has 0 radical (unpaired) electrons. The summed E-state index contributed by atoms with van der Waals surface area (Å²) in [7, 11) is 0. The van der Waals surface area contributed by atoms with Crippen molar-refractivity contribution >= 4 is 6.29 Å². The van der Waals surface area contributed by atoms with Crippen LogP contribution in [0.1, 0.15) is 32.1 Å². The van der Waals surface area contributed by atoms with E-state index < -0.39 is 0 Å². The molecule has 0 aromatic carbocycles. The zero-order valence-electron chi connectivity index (χ0n) is 7.41. The van der Waals surface area contributed by atoms with Crippen molar-refractivity contribution in [3.05, 3.63) is 0 Å². The number of aldehydes is 1. The molecule has 3 fully saturated rings. The molecule has 0 aromatic heterocycles. The molecule has 0 spiro atoms. The van der Waals surface area contributed by atoms with E-state index in [1.54, 1.807) is 0 Å². The van der Waals surface area contributed by atoms with E-state index in [9.17, 15) is 4.79 Å². The second-order valence-corrected chi connectivity index (χ2v) is 5.03. The smallest absolute Gasteiger partial charge is 0.123 e. The molecule has 2 bridgehead atoms. The van der Waals surface area contributed by atoms with Crippen molar-refractivity contribution in [1.29, 1.82) is 0 Å².